The van der Waals surface area contributed by atoms with Crippen molar-refractivity contribution in [2.24, 2.45) is 0 Å². The van der Waals surface area contributed by atoms with E-state index in [9.17, 15) is 10.2 Å². The van der Waals surface area contributed by atoms with Gasteiger partial charge in [-0.2, -0.15) is 0 Å². The largest absolute Gasteiger partial charge is 0.508 e. The third kappa shape index (κ3) is 5.75. The Balaban J connectivity index is 0.000000491. The van der Waals surface area contributed by atoms with Crippen LogP contribution in [0.4, 0.5) is 4.79 Å². The number of phenols is 2. The topological polar surface area (TPSA) is 77.8 Å². The number of hydrogen-bond acceptors (Lipinski definition) is 3. The van der Waals surface area contributed by atoms with Crippen molar-refractivity contribution in [3.63, 3.8) is 0 Å². The molecule has 2 aromatic rings. The molecule has 5 heteroatoms. The van der Waals surface area contributed by atoms with Gasteiger partial charge in [0, 0.05) is 17.5 Å². The van der Waals surface area contributed by atoms with E-state index in [4.69, 9.17) is 9.90 Å². The second kappa shape index (κ2) is 8.17. The summed E-state index contributed by atoms with van der Waals surface area (Å²) in [6.45, 7) is 2.13. The second-order valence-electron chi connectivity index (χ2n) is 4.40. The minimum Gasteiger partial charge on any atom is -0.508 e. The van der Waals surface area contributed by atoms with Crippen molar-refractivity contribution in [1.82, 2.24) is 0 Å². The van der Waals surface area contributed by atoms with Crippen LogP contribution in [-0.4, -0.2) is 20.7 Å². The number of aromatic hydroxyl groups is 2. The Bertz CT molecular complexity index is 514. The molecule has 2 aromatic carbocycles. The average molecular weight is 309 g/mol. The molecular weight excluding hydrogens is 292 g/mol. The average Bonchev–Trinajstić information content (AvgIpc) is 2.43. The van der Waals surface area contributed by atoms with E-state index < -0.39 is 5.43 Å². The van der Waals surface area contributed by atoms with Crippen molar-refractivity contribution < 1.29 is 20.1 Å². The summed E-state index contributed by atoms with van der Waals surface area (Å²) in [5, 5.41) is 25.8. The molecule has 0 heterocycles. The first kappa shape index (κ1) is 16.9. The van der Waals surface area contributed by atoms with Gasteiger partial charge in [-0.3, -0.25) is 0 Å². The lowest BCUT2D eigenvalue weighted by molar-refractivity contribution is 0.220. The highest BCUT2D eigenvalue weighted by atomic mass is 35.5. The predicted molar refractivity (Wildman–Crippen MR) is 82.2 cm³/mol. The predicted octanol–water partition coefficient (Wildman–Crippen LogP) is 4.54. The molecule has 0 radical (unpaired) electrons. The number of carbonyl (C=O) groups is 1. The highest BCUT2D eigenvalue weighted by Gasteiger charge is 2.11. The summed E-state index contributed by atoms with van der Waals surface area (Å²) in [4.78, 5) is 8.77. The Hall–Kier alpha value is -2.20. The van der Waals surface area contributed by atoms with Gasteiger partial charge in [-0.05, 0) is 41.8 Å². The zero-order valence-corrected chi connectivity index (χ0v) is 12.3. The number of benzene rings is 2. The molecule has 112 valence electrons. The number of phenolic OH excluding ortho intramolecular Hbond substituents is 2. The third-order valence-corrected chi connectivity index (χ3v) is 3.00. The van der Waals surface area contributed by atoms with E-state index in [0.29, 0.717) is 5.92 Å². The van der Waals surface area contributed by atoms with Crippen LogP contribution in [0.25, 0.3) is 0 Å². The maximum absolute atomic E-state index is 9.29. The number of hydrogen-bond donors (Lipinski definition) is 3. The summed E-state index contributed by atoms with van der Waals surface area (Å²) in [6.07, 6.45) is 0.982. The first-order valence-electron chi connectivity index (χ1n) is 6.40. The Morgan fingerprint density at radius 2 is 1.24 bits per heavy atom. The smallest absolute Gasteiger partial charge is 0.401 e. The molecule has 0 fully saturated rings. The van der Waals surface area contributed by atoms with Crippen molar-refractivity contribution in [3.8, 4) is 11.5 Å². The summed E-state index contributed by atoms with van der Waals surface area (Å²) >= 11 is 4.19. The highest BCUT2D eigenvalue weighted by Crippen LogP contribution is 2.29. The molecular formula is C16H17ClO4. The first-order chi connectivity index (χ1) is 9.93. The van der Waals surface area contributed by atoms with Gasteiger partial charge >= 0.3 is 5.43 Å². The normalized spacial score (nSPS) is 9.86. The SMILES string of the molecule is CCC(c1ccc(O)cc1)c1ccc(O)cc1.O=C(O)Cl. The quantitative estimate of drug-likeness (QED) is 0.727. The van der Waals surface area contributed by atoms with Crippen LogP contribution in [0.15, 0.2) is 48.5 Å². The molecule has 0 atom stereocenters. The minimum absolute atomic E-state index is 0.286. The molecule has 3 N–H and O–H groups in total. The molecule has 0 saturated carbocycles. The van der Waals surface area contributed by atoms with E-state index in [1.807, 2.05) is 24.3 Å². The highest BCUT2D eigenvalue weighted by molar-refractivity contribution is 6.60. The van der Waals surface area contributed by atoms with Gasteiger partial charge in [-0.1, -0.05) is 31.2 Å². The lowest BCUT2D eigenvalue weighted by Gasteiger charge is -2.16. The van der Waals surface area contributed by atoms with Gasteiger partial charge in [-0.15, -0.1) is 0 Å². The molecule has 0 saturated heterocycles. The van der Waals surface area contributed by atoms with Crippen LogP contribution in [0.2, 0.25) is 0 Å². The molecule has 4 nitrogen and oxygen atoms in total. The van der Waals surface area contributed by atoms with Gasteiger partial charge in [0.2, 0.25) is 0 Å². The lowest BCUT2D eigenvalue weighted by atomic mass is 9.89. The summed E-state index contributed by atoms with van der Waals surface area (Å²) in [6, 6.07) is 14.6. The molecule has 0 aliphatic carbocycles. The van der Waals surface area contributed by atoms with Gasteiger partial charge < -0.3 is 15.3 Å². The summed E-state index contributed by atoms with van der Waals surface area (Å²) in [5.41, 5.74) is 0.993. The number of carboxylic acid groups (broad SMARTS) is 1. The standard InChI is InChI=1S/C15H16O2.CHClO2/c1-2-15(11-3-7-13(16)8-4-11)12-5-9-14(17)10-6-12;2-1(3)4/h3-10,15-17H,2H2,1H3;(H,3,4). The van der Waals surface area contributed by atoms with Crippen molar-refractivity contribution in [1.29, 1.82) is 0 Å². The Morgan fingerprint density at radius 3 is 1.48 bits per heavy atom. The van der Waals surface area contributed by atoms with Gasteiger partial charge in [-0.25, -0.2) is 4.79 Å². The van der Waals surface area contributed by atoms with Crippen LogP contribution in [0.1, 0.15) is 30.4 Å². The van der Waals surface area contributed by atoms with Crippen LogP contribution < -0.4 is 0 Å². The molecule has 0 bridgehead atoms. The molecule has 0 aromatic heterocycles. The van der Waals surface area contributed by atoms with Crippen LogP contribution >= 0.6 is 11.6 Å². The zero-order chi connectivity index (χ0) is 15.8. The molecule has 21 heavy (non-hydrogen) atoms. The fourth-order valence-electron chi connectivity index (χ4n) is 2.08. The van der Waals surface area contributed by atoms with E-state index in [1.54, 1.807) is 24.3 Å². The summed E-state index contributed by atoms with van der Waals surface area (Å²) in [5.74, 6) is 0.875. The molecule has 0 amide bonds. The van der Waals surface area contributed by atoms with Gasteiger partial charge in [0.1, 0.15) is 11.5 Å². The molecule has 0 spiro atoms. The van der Waals surface area contributed by atoms with Crippen LogP contribution in [0.5, 0.6) is 11.5 Å². The van der Waals surface area contributed by atoms with Crippen molar-refractivity contribution in [3.05, 3.63) is 59.7 Å². The van der Waals surface area contributed by atoms with Crippen LogP contribution in [0.3, 0.4) is 0 Å². The maximum Gasteiger partial charge on any atom is 0.401 e. The van der Waals surface area contributed by atoms with Gasteiger partial charge in [0.05, 0.1) is 0 Å². The molecule has 2 rings (SSSR count). The van der Waals surface area contributed by atoms with E-state index >= 15 is 0 Å². The molecule has 0 unspecified atom stereocenters. The zero-order valence-electron chi connectivity index (χ0n) is 11.5. The van der Waals surface area contributed by atoms with E-state index in [0.717, 1.165) is 6.42 Å². The Kier molecular flexibility index (Phi) is 6.56. The second-order valence-corrected chi connectivity index (χ2v) is 4.72. The van der Waals surface area contributed by atoms with Gasteiger partial charge in [0.25, 0.3) is 0 Å². The van der Waals surface area contributed by atoms with Crippen molar-refractivity contribution in [2.75, 3.05) is 0 Å². The van der Waals surface area contributed by atoms with E-state index in [-0.39, 0.29) is 11.5 Å². The Labute approximate surface area is 128 Å². The Morgan fingerprint density at radius 1 is 0.952 bits per heavy atom. The van der Waals surface area contributed by atoms with E-state index in [2.05, 4.69) is 18.5 Å². The lowest BCUT2D eigenvalue weighted by Crippen LogP contribution is -1.98. The fraction of sp³-hybridized carbons (Fsp3) is 0.188. The number of rotatable bonds is 3. The van der Waals surface area contributed by atoms with Crippen LogP contribution in [-0.2, 0) is 0 Å². The monoisotopic (exact) mass is 308 g/mol. The molecule has 0 aliphatic heterocycles. The summed E-state index contributed by atoms with van der Waals surface area (Å²) in [7, 11) is 0. The number of halogens is 1. The van der Waals surface area contributed by atoms with E-state index in [1.165, 1.54) is 11.1 Å². The maximum atomic E-state index is 9.29. The van der Waals surface area contributed by atoms with Crippen molar-refractivity contribution >= 4 is 17.0 Å². The first-order valence-corrected chi connectivity index (χ1v) is 6.78. The fourth-order valence-corrected chi connectivity index (χ4v) is 2.08. The molecule has 0 aliphatic rings. The minimum atomic E-state index is -1.36. The van der Waals surface area contributed by atoms with Crippen molar-refractivity contribution in [2.45, 2.75) is 19.3 Å². The summed E-state index contributed by atoms with van der Waals surface area (Å²) < 4.78 is 0. The third-order valence-electron chi connectivity index (χ3n) is 3.00. The van der Waals surface area contributed by atoms with Gasteiger partial charge in [0.15, 0.2) is 0 Å². The van der Waals surface area contributed by atoms with Crippen LogP contribution in [0, 0.1) is 0 Å².